The molecular weight excluding hydrogens is 188 g/mol. The summed E-state index contributed by atoms with van der Waals surface area (Å²) in [5.41, 5.74) is 9.00. The summed E-state index contributed by atoms with van der Waals surface area (Å²) in [6.07, 6.45) is 0. The van der Waals surface area contributed by atoms with Crippen molar-refractivity contribution in [3.63, 3.8) is 0 Å². The van der Waals surface area contributed by atoms with Gasteiger partial charge >= 0.3 is 0 Å². The topological polar surface area (TPSA) is 56.7 Å². The van der Waals surface area contributed by atoms with Crippen LogP contribution in [0.3, 0.4) is 0 Å². The molecule has 4 heteroatoms. The number of benzene rings is 1. The molecule has 0 unspecified atom stereocenters. The van der Waals surface area contributed by atoms with Gasteiger partial charge in [0.05, 0.1) is 12.2 Å². The van der Waals surface area contributed by atoms with Crippen molar-refractivity contribution >= 4 is 5.82 Å². The maximum absolute atomic E-state index is 5.62. The quantitative estimate of drug-likeness (QED) is 0.803. The molecule has 78 valence electrons. The zero-order chi connectivity index (χ0) is 10.8. The van der Waals surface area contributed by atoms with Crippen molar-refractivity contribution in [2.75, 3.05) is 5.73 Å². The first kappa shape index (κ1) is 9.71. The average Bonchev–Trinajstić information content (AvgIpc) is 2.53. The lowest BCUT2D eigenvalue weighted by molar-refractivity contribution is 0.633. The number of hydrogen-bond acceptors (Lipinski definition) is 3. The van der Waals surface area contributed by atoms with Crippen molar-refractivity contribution in [1.29, 1.82) is 0 Å². The van der Waals surface area contributed by atoms with Crippen molar-refractivity contribution < 1.29 is 0 Å². The Hall–Kier alpha value is -1.84. The Kier molecular flexibility index (Phi) is 2.41. The third kappa shape index (κ3) is 1.98. The van der Waals surface area contributed by atoms with Crippen molar-refractivity contribution in [2.45, 2.75) is 20.4 Å². The minimum Gasteiger partial charge on any atom is -0.381 e. The molecule has 0 atom stereocenters. The van der Waals surface area contributed by atoms with E-state index in [0.717, 1.165) is 12.2 Å². The fourth-order valence-electron chi connectivity index (χ4n) is 1.39. The summed E-state index contributed by atoms with van der Waals surface area (Å²) in [6, 6.07) is 8.36. The van der Waals surface area contributed by atoms with E-state index in [-0.39, 0.29) is 0 Å². The van der Waals surface area contributed by atoms with Gasteiger partial charge in [-0.15, -0.1) is 5.10 Å². The van der Waals surface area contributed by atoms with Crippen LogP contribution in [0.2, 0.25) is 0 Å². The number of rotatable bonds is 2. The Morgan fingerprint density at radius 1 is 1.20 bits per heavy atom. The minimum absolute atomic E-state index is 0.502. The lowest BCUT2D eigenvalue weighted by Gasteiger charge is -2.03. The molecule has 0 aliphatic heterocycles. The van der Waals surface area contributed by atoms with Crippen LogP contribution in [0.15, 0.2) is 24.3 Å². The van der Waals surface area contributed by atoms with Crippen LogP contribution in [0.25, 0.3) is 0 Å². The van der Waals surface area contributed by atoms with E-state index in [1.807, 2.05) is 6.92 Å². The van der Waals surface area contributed by atoms with Gasteiger partial charge in [0.2, 0.25) is 0 Å². The van der Waals surface area contributed by atoms with Crippen molar-refractivity contribution in [2.24, 2.45) is 0 Å². The molecule has 4 nitrogen and oxygen atoms in total. The Bertz CT molecular complexity index is 456. The number of hydrogen-bond donors (Lipinski definition) is 1. The van der Waals surface area contributed by atoms with E-state index in [4.69, 9.17) is 5.73 Å². The third-order valence-corrected chi connectivity index (χ3v) is 2.47. The summed E-state index contributed by atoms with van der Waals surface area (Å²) < 4.78 is 1.81. The second kappa shape index (κ2) is 3.73. The molecule has 0 saturated heterocycles. The highest BCUT2D eigenvalue weighted by molar-refractivity contribution is 5.32. The van der Waals surface area contributed by atoms with Gasteiger partial charge in [-0.2, -0.15) is 0 Å². The Morgan fingerprint density at radius 2 is 1.87 bits per heavy atom. The van der Waals surface area contributed by atoms with Gasteiger partial charge in [-0.1, -0.05) is 35.0 Å². The molecule has 2 rings (SSSR count). The van der Waals surface area contributed by atoms with E-state index < -0.39 is 0 Å². The summed E-state index contributed by atoms with van der Waals surface area (Å²) >= 11 is 0. The lowest BCUT2D eigenvalue weighted by atomic mass is 10.1. The highest BCUT2D eigenvalue weighted by Crippen LogP contribution is 2.09. The molecule has 0 saturated carbocycles. The Morgan fingerprint density at radius 3 is 2.40 bits per heavy atom. The van der Waals surface area contributed by atoms with E-state index in [1.54, 1.807) is 4.68 Å². The summed E-state index contributed by atoms with van der Waals surface area (Å²) in [6.45, 7) is 4.71. The number of aromatic nitrogens is 3. The maximum atomic E-state index is 5.62. The molecule has 2 aromatic rings. The minimum atomic E-state index is 0.502. The number of nitrogens with zero attached hydrogens (tertiary/aromatic N) is 3. The molecule has 15 heavy (non-hydrogen) atoms. The third-order valence-electron chi connectivity index (χ3n) is 2.47. The van der Waals surface area contributed by atoms with Crippen molar-refractivity contribution in [1.82, 2.24) is 15.0 Å². The van der Waals surface area contributed by atoms with Crippen molar-refractivity contribution in [3.8, 4) is 0 Å². The maximum Gasteiger partial charge on any atom is 0.168 e. The molecule has 1 aromatic heterocycles. The monoisotopic (exact) mass is 202 g/mol. The first-order valence-corrected chi connectivity index (χ1v) is 4.88. The van der Waals surface area contributed by atoms with Crippen LogP contribution in [0.1, 0.15) is 16.8 Å². The van der Waals surface area contributed by atoms with Crippen molar-refractivity contribution in [3.05, 3.63) is 41.1 Å². The van der Waals surface area contributed by atoms with E-state index in [1.165, 1.54) is 11.1 Å². The molecule has 0 radical (unpaired) electrons. The second-order valence-electron chi connectivity index (χ2n) is 3.70. The smallest absolute Gasteiger partial charge is 0.168 e. The average molecular weight is 202 g/mol. The first-order valence-electron chi connectivity index (χ1n) is 4.88. The summed E-state index contributed by atoms with van der Waals surface area (Å²) in [4.78, 5) is 0. The van der Waals surface area contributed by atoms with Gasteiger partial charge in [0.25, 0.3) is 0 Å². The fourth-order valence-corrected chi connectivity index (χ4v) is 1.39. The molecular formula is C11H14N4. The summed E-state index contributed by atoms with van der Waals surface area (Å²) in [7, 11) is 0. The highest BCUT2D eigenvalue weighted by atomic mass is 15.4. The zero-order valence-electron chi connectivity index (χ0n) is 8.94. The SMILES string of the molecule is Cc1ccc(Cn2nnc(N)c2C)cc1. The van der Waals surface area contributed by atoms with Crippen LogP contribution >= 0.6 is 0 Å². The predicted octanol–water partition coefficient (Wildman–Crippen LogP) is 1.53. The molecule has 1 heterocycles. The van der Waals surface area contributed by atoms with Gasteiger partial charge < -0.3 is 5.73 Å². The number of anilines is 1. The normalized spacial score (nSPS) is 10.5. The largest absolute Gasteiger partial charge is 0.381 e. The fraction of sp³-hybridized carbons (Fsp3) is 0.273. The highest BCUT2D eigenvalue weighted by Gasteiger charge is 2.04. The predicted molar refractivity (Wildman–Crippen MR) is 59.5 cm³/mol. The van der Waals surface area contributed by atoms with E-state index in [2.05, 4.69) is 41.5 Å². The van der Waals surface area contributed by atoms with Gasteiger partial charge in [-0.3, -0.25) is 0 Å². The summed E-state index contributed by atoms with van der Waals surface area (Å²) in [5, 5.41) is 7.80. The van der Waals surface area contributed by atoms with Crippen LogP contribution in [0.5, 0.6) is 0 Å². The number of nitrogen functional groups attached to an aromatic ring is 1. The molecule has 0 spiro atoms. The molecule has 0 bridgehead atoms. The molecule has 0 fully saturated rings. The van der Waals surface area contributed by atoms with Crippen LogP contribution in [-0.4, -0.2) is 15.0 Å². The molecule has 0 aliphatic rings. The first-order chi connectivity index (χ1) is 7.16. The van der Waals surface area contributed by atoms with Gasteiger partial charge in [0.15, 0.2) is 5.82 Å². The van der Waals surface area contributed by atoms with Gasteiger partial charge in [0, 0.05) is 0 Å². The lowest BCUT2D eigenvalue weighted by Crippen LogP contribution is -2.04. The summed E-state index contributed by atoms with van der Waals surface area (Å²) in [5.74, 6) is 0.502. The second-order valence-corrected chi connectivity index (χ2v) is 3.70. The molecule has 2 N–H and O–H groups in total. The molecule has 0 amide bonds. The number of nitrogens with two attached hydrogens (primary N) is 1. The van der Waals surface area contributed by atoms with Gasteiger partial charge in [0.1, 0.15) is 0 Å². The number of aryl methyl sites for hydroxylation is 1. The van der Waals surface area contributed by atoms with Gasteiger partial charge in [-0.25, -0.2) is 4.68 Å². The van der Waals surface area contributed by atoms with Crippen LogP contribution in [-0.2, 0) is 6.54 Å². The molecule has 1 aromatic carbocycles. The van der Waals surface area contributed by atoms with E-state index in [0.29, 0.717) is 5.82 Å². The van der Waals surface area contributed by atoms with Crippen LogP contribution in [0, 0.1) is 13.8 Å². The molecule has 0 aliphatic carbocycles. The van der Waals surface area contributed by atoms with Crippen LogP contribution in [0.4, 0.5) is 5.82 Å². The zero-order valence-corrected chi connectivity index (χ0v) is 8.94. The van der Waals surface area contributed by atoms with Gasteiger partial charge in [-0.05, 0) is 19.4 Å². The Labute approximate surface area is 88.7 Å². The van der Waals surface area contributed by atoms with E-state index in [9.17, 15) is 0 Å². The van der Waals surface area contributed by atoms with E-state index >= 15 is 0 Å². The standard InChI is InChI=1S/C11H14N4/c1-8-3-5-10(6-4-8)7-15-9(2)11(12)13-14-15/h3-6H,7,12H2,1-2H3. The van der Waals surface area contributed by atoms with Crippen LogP contribution < -0.4 is 5.73 Å². The Balaban J connectivity index is 2.22.